The summed E-state index contributed by atoms with van der Waals surface area (Å²) in [5.74, 6) is 1.75. The second kappa shape index (κ2) is 6.49. The highest BCUT2D eigenvalue weighted by Crippen LogP contribution is 2.26. The minimum atomic E-state index is -0.0912. The van der Waals surface area contributed by atoms with Crippen molar-refractivity contribution in [1.29, 1.82) is 0 Å². The van der Waals surface area contributed by atoms with Gasteiger partial charge in [0.05, 0.1) is 0 Å². The maximum absolute atomic E-state index is 6.20. The van der Waals surface area contributed by atoms with Gasteiger partial charge in [0.25, 0.3) is 0 Å². The molecule has 0 bridgehead atoms. The molecule has 0 saturated carbocycles. The second-order valence-corrected chi connectivity index (χ2v) is 7.29. The van der Waals surface area contributed by atoms with Gasteiger partial charge in [0.1, 0.15) is 16.8 Å². The third-order valence-electron chi connectivity index (χ3n) is 4.27. The van der Waals surface area contributed by atoms with E-state index in [0.29, 0.717) is 11.2 Å². The molecule has 5 heteroatoms. The third-order valence-corrected chi connectivity index (χ3v) is 4.46. The van der Waals surface area contributed by atoms with E-state index >= 15 is 0 Å². The summed E-state index contributed by atoms with van der Waals surface area (Å²) in [5, 5.41) is 0.530. The summed E-state index contributed by atoms with van der Waals surface area (Å²) < 4.78 is 0. The monoisotopic (exact) mass is 310 g/mol. The van der Waals surface area contributed by atoms with Gasteiger partial charge in [0.15, 0.2) is 0 Å². The van der Waals surface area contributed by atoms with Crippen LogP contribution >= 0.6 is 11.6 Å². The molecule has 0 N–H and O–H groups in total. The standard InChI is InChI=1S/C16H27ClN4/c1-6-21-9-7-12(8-10-21)20(5)14-11-13(17)18-15(19-14)16(2,3)4/h11-12H,6-10H2,1-5H3. The van der Waals surface area contributed by atoms with Crippen LogP contribution in [0.4, 0.5) is 5.82 Å². The van der Waals surface area contributed by atoms with Crippen molar-refractivity contribution in [2.24, 2.45) is 0 Å². The number of likely N-dealkylation sites (tertiary alicyclic amines) is 1. The Morgan fingerprint density at radius 2 is 1.90 bits per heavy atom. The molecule has 1 aromatic heterocycles. The Morgan fingerprint density at radius 1 is 1.29 bits per heavy atom. The van der Waals surface area contributed by atoms with Gasteiger partial charge in [0, 0.05) is 37.7 Å². The van der Waals surface area contributed by atoms with Crippen molar-refractivity contribution in [2.75, 3.05) is 31.6 Å². The summed E-state index contributed by atoms with van der Waals surface area (Å²) in [7, 11) is 2.12. The van der Waals surface area contributed by atoms with Crippen molar-refractivity contribution < 1.29 is 0 Å². The summed E-state index contributed by atoms with van der Waals surface area (Å²) in [6.07, 6.45) is 2.35. The van der Waals surface area contributed by atoms with Crippen LogP contribution in [0.15, 0.2) is 6.07 Å². The average molecular weight is 311 g/mol. The number of hydrogen-bond donors (Lipinski definition) is 0. The highest BCUT2D eigenvalue weighted by atomic mass is 35.5. The van der Waals surface area contributed by atoms with Crippen molar-refractivity contribution in [2.45, 2.75) is 52.0 Å². The molecule has 0 unspecified atom stereocenters. The molecule has 1 fully saturated rings. The molecular formula is C16H27ClN4. The number of piperidine rings is 1. The Kier molecular flexibility index (Phi) is 5.10. The van der Waals surface area contributed by atoms with Crippen LogP contribution in [0.25, 0.3) is 0 Å². The number of hydrogen-bond acceptors (Lipinski definition) is 4. The lowest BCUT2D eigenvalue weighted by Crippen LogP contribution is -2.43. The molecule has 0 radical (unpaired) electrons. The maximum atomic E-state index is 6.20. The first-order valence-electron chi connectivity index (χ1n) is 7.81. The molecule has 118 valence electrons. The van der Waals surface area contributed by atoms with E-state index in [2.05, 4.69) is 49.5 Å². The van der Waals surface area contributed by atoms with Crippen molar-refractivity contribution in [3.63, 3.8) is 0 Å². The highest BCUT2D eigenvalue weighted by Gasteiger charge is 2.25. The van der Waals surface area contributed by atoms with Crippen molar-refractivity contribution in [1.82, 2.24) is 14.9 Å². The quantitative estimate of drug-likeness (QED) is 0.802. The van der Waals surface area contributed by atoms with Crippen LogP contribution in [0, 0.1) is 0 Å². The van der Waals surface area contributed by atoms with E-state index < -0.39 is 0 Å². The van der Waals surface area contributed by atoms with Crippen molar-refractivity contribution in [3.8, 4) is 0 Å². The van der Waals surface area contributed by atoms with Gasteiger partial charge >= 0.3 is 0 Å². The minimum absolute atomic E-state index is 0.0912. The first-order valence-corrected chi connectivity index (χ1v) is 8.19. The molecule has 1 aromatic rings. The number of halogens is 1. The number of nitrogens with zero attached hydrogens (tertiary/aromatic N) is 4. The van der Waals surface area contributed by atoms with E-state index in [9.17, 15) is 0 Å². The van der Waals surface area contributed by atoms with Crippen LogP contribution in [0.1, 0.15) is 46.4 Å². The van der Waals surface area contributed by atoms with Gasteiger partial charge in [-0.25, -0.2) is 9.97 Å². The molecule has 0 spiro atoms. The van der Waals surface area contributed by atoms with Crippen molar-refractivity contribution in [3.05, 3.63) is 17.0 Å². The van der Waals surface area contributed by atoms with Crippen molar-refractivity contribution >= 4 is 17.4 Å². The number of aromatic nitrogens is 2. The van der Waals surface area contributed by atoms with E-state index in [1.165, 1.54) is 12.8 Å². The van der Waals surface area contributed by atoms with Gasteiger partial charge in [-0.3, -0.25) is 0 Å². The minimum Gasteiger partial charge on any atom is -0.356 e. The first kappa shape index (κ1) is 16.5. The topological polar surface area (TPSA) is 32.3 Å². The molecule has 0 amide bonds. The van der Waals surface area contributed by atoms with E-state index in [1.807, 2.05) is 6.07 Å². The number of anilines is 1. The Bertz CT molecular complexity index is 476. The van der Waals surface area contributed by atoms with E-state index in [4.69, 9.17) is 16.6 Å². The Hall–Kier alpha value is -0.870. The molecular weight excluding hydrogens is 284 g/mol. The second-order valence-electron chi connectivity index (χ2n) is 6.90. The van der Waals surface area contributed by atoms with E-state index in [1.54, 1.807) is 0 Å². The largest absolute Gasteiger partial charge is 0.356 e. The molecule has 0 atom stereocenters. The SMILES string of the molecule is CCN1CCC(N(C)c2cc(Cl)nc(C(C)(C)C)n2)CC1. The lowest BCUT2D eigenvalue weighted by Gasteiger charge is -2.37. The van der Waals surface area contributed by atoms with Gasteiger partial charge < -0.3 is 9.80 Å². The van der Waals surface area contributed by atoms with Crippen LogP contribution in [0.2, 0.25) is 5.15 Å². The van der Waals surface area contributed by atoms with Crippen LogP contribution < -0.4 is 4.90 Å². The van der Waals surface area contributed by atoms with Crippen LogP contribution in [-0.2, 0) is 5.41 Å². The zero-order valence-electron chi connectivity index (χ0n) is 13.9. The summed E-state index contributed by atoms with van der Waals surface area (Å²) >= 11 is 6.20. The van der Waals surface area contributed by atoms with Gasteiger partial charge in [0.2, 0.25) is 0 Å². The van der Waals surface area contributed by atoms with Crippen LogP contribution in [0.5, 0.6) is 0 Å². The lowest BCUT2D eigenvalue weighted by atomic mass is 9.96. The Morgan fingerprint density at radius 3 is 2.43 bits per heavy atom. The van der Waals surface area contributed by atoms with Gasteiger partial charge in [-0.15, -0.1) is 0 Å². The van der Waals surface area contributed by atoms with Gasteiger partial charge in [-0.2, -0.15) is 0 Å². The fourth-order valence-electron chi connectivity index (χ4n) is 2.73. The fourth-order valence-corrected chi connectivity index (χ4v) is 2.91. The molecule has 4 nitrogen and oxygen atoms in total. The van der Waals surface area contributed by atoms with Gasteiger partial charge in [-0.1, -0.05) is 39.3 Å². The van der Waals surface area contributed by atoms with E-state index in [-0.39, 0.29) is 5.41 Å². The molecule has 0 aliphatic carbocycles. The Labute approximate surface area is 133 Å². The molecule has 1 aliphatic heterocycles. The zero-order chi connectivity index (χ0) is 15.6. The molecule has 2 heterocycles. The predicted molar refractivity (Wildman–Crippen MR) is 89.3 cm³/mol. The molecule has 0 aromatic carbocycles. The van der Waals surface area contributed by atoms with E-state index in [0.717, 1.165) is 31.3 Å². The maximum Gasteiger partial charge on any atom is 0.137 e. The summed E-state index contributed by atoms with van der Waals surface area (Å²) in [4.78, 5) is 13.9. The van der Waals surface area contributed by atoms with Crippen LogP contribution in [-0.4, -0.2) is 47.6 Å². The summed E-state index contributed by atoms with van der Waals surface area (Å²) in [5.41, 5.74) is -0.0912. The molecule has 1 saturated heterocycles. The summed E-state index contributed by atoms with van der Waals surface area (Å²) in [6.45, 7) is 12.0. The third kappa shape index (κ3) is 4.07. The smallest absolute Gasteiger partial charge is 0.137 e. The fraction of sp³-hybridized carbons (Fsp3) is 0.750. The first-order chi connectivity index (χ1) is 9.81. The molecule has 1 aliphatic rings. The molecule has 21 heavy (non-hydrogen) atoms. The predicted octanol–water partition coefficient (Wildman–Crippen LogP) is 3.35. The van der Waals surface area contributed by atoms with Crippen LogP contribution in [0.3, 0.4) is 0 Å². The normalized spacial score (nSPS) is 18.0. The Balaban J connectivity index is 2.16. The molecule has 2 rings (SSSR count). The zero-order valence-corrected chi connectivity index (χ0v) is 14.6. The lowest BCUT2D eigenvalue weighted by molar-refractivity contribution is 0.220. The average Bonchev–Trinajstić information content (AvgIpc) is 2.45. The van der Waals surface area contributed by atoms with Gasteiger partial charge in [-0.05, 0) is 19.4 Å². The summed E-state index contributed by atoms with van der Waals surface area (Å²) in [6, 6.07) is 2.41. The highest BCUT2D eigenvalue weighted by molar-refractivity contribution is 6.29. The number of rotatable bonds is 3.